The number of carbonyl (C=O) groups is 3. The van der Waals surface area contributed by atoms with Crippen molar-refractivity contribution in [3.05, 3.63) is 71.8 Å². The minimum absolute atomic E-state index is 0.0719. The van der Waals surface area contributed by atoms with E-state index in [9.17, 15) is 22.8 Å². The lowest BCUT2D eigenvalue weighted by atomic mass is 10.1. The van der Waals surface area contributed by atoms with Gasteiger partial charge < -0.3 is 10.6 Å². The predicted molar refractivity (Wildman–Crippen MR) is 110 cm³/mol. The molecule has 1 saturated carbocycles. The molecule has 2 aromatic rings. The molecule has 2 aliphatic rings. The van der Waals surface area contributed by atoms with Crippen molar-refractivity contribution in [3.63, 3.8) is 0 Å². The maximum absolute atomic E-state index is 12.8. The molecule has 9 heteroatoms. The third kappa shape index (κ3) is 3.37. The zero-order chi connectivity index (χ0) is 21.5. The van der Waals surface area contributed by atoms with Crippen LogP contribution in [-0.2, 0) is 10.0 Å². The van der Waals surface area contributed by atoms with Crippen LogP contribution in [0.1, 0.15) is 43.9 Å². The normalized spacial score (nSPS) is 16.7. The summed E-state index contributed by atoms with van der Waals surface area (Å²) in [7, 11) is -3.96. The number of anilines is 1. The Bertz CT molecular complexity index is 1180. The number of carbonyl (C=O) groups excluding carboxylic acids is 3. The highest BCUT2D eigenvalue weighted by molar-refractivity contribution is 7.90. The number of hydrogen-bond acceptors (Lipinski definition) is 5. The second-order valence-corrected chi connectivity index (χ2v) is 8.83. The van der Waals surface area contributed by atoms with Gasteiger partial charge in [-0.1, -0.05) is 18.2 Å². The highest BCUT2D eigenvalue weighted by Gasteiger charge is 2.48. The molecular weight excluding hydrogens is 406 g/mol. The van der Waals surface area contributed by atoms with Gasteiger partial charge in [-0.25, -0.2) is 12.7 Å². The lowest BCUT2D eigenvalue weighted by Crippen LogP contribution is -2.31. The minimum atomic E-state index is -3.96. The Balaban J connectivity index is 1.61. The van der Waals surface area contributed by atoms with Crippen LogP contribution in [0, 0.1) is 0 Å². The summed E-state index contributed by atoms with van der Waals surface area (Å²) < 4.78 is 26.4. The van der Waals surface area contributed by atoms with Gasteiger partial charge in [-0.3, -0.25) is 14.4 Å². The number of amides is 3. The summed E-state index contributed by atoms with van der Waals surface area (Å²) in [6, 6.07) is 10.1. The fourth-order valence-corrected chi connectivity index (χ4v) is 5.14. The molecule has 30 heavy (non-hydrogen) atoms. The SMILES string of the molecule is C=CCNC(=O)c1ccccc1NC(=O)c1ccc2c(c1)S(=O)(=O)N(C1CC1)C2=O. The van der Waals surface area contributed by atoms with Crippen LogP contribution >= 0.6 is 0 Å². The third-order valence-electron chi connectivity index (χ3n) is 4.92. The van der Waals surface area contributed by atoms with Gasteiger partial charge in [0.1, 0.15) is 4.90 Å². The van der Waals surface area contributed by atoms with Gasteiger partial charge in [-0.15, -0.1) is 6.58 Å². The van der Waals surface area contributed by atoms with Gasteiger partial charge in [0.25, 0.3) is 27.7 Å². The second-order valence-electron chi connectivity index (χ2n) is 7.05. The van der Waals surface area contributed by atoms with Gasteiger partial charge in [-0.2, -0.15) is 0 Å². The Kier molecular flexibility index (Phi) is 4.90. The molecule has 2 N–H and O–H groups in total. The molecule has 1 aliphatic heterocycles. The van der Waals surface area contributed by atoms with Gasteiger partial charge in [0.15, 0.2) is 0 Å². The van der Waals surface area contributed by atoms with Crippen molar-refractivity contribution in [2.75, 3.05) is 11.9 Å². The number of para-hydroxylation sites is 1. The first-order valence-electron chi connectivity index (χ1n) is 9.37. The smallest absolute Gasteiger partial charge is 0.269 e. The molecule has 3 amide bonds. The van der Waals surface area contributed by atoms with Gasteiger partial charge >= 0.3 is 0 Å². The Morgan fingerprint density at radius 3 is 2.57 bits per heavy atom. The molecule has 0 atom stereocenters. The summed E-state index contributed by atoms with van der Waals surface area (Å²) in [5.41, 5.74) is 0.686. The van der Waals surface area contributed by atoms with Gasteiger partial charge in [0.05, 0.1) is 16.8 Å². The summed E-state index contributed by atoms with van der Waals surface area (Å²) in [6.07, 6.45) is 2.84. The fraction of sp³-hybridized carbons (Fsp3) is 0.190. The molecule has 1 aliphatic carbocycles. The van der Waals surface area contributed by atoms with E-state index in [2.05, 4.69) is 17.2 Å². The van der Waals surface area contributed by atoms with Crippen molar-refractivity contribution >= 4 is 33.4 Å². The number of rotatable bonds is 6. The van der Waals surface area contributed by atoms with E-state index in [4.69, 9.17) is 0 Å². The topological polar surface area (TPSA) is 113 Å². The average molecular weight is 425 g/mol. The van der Waals surface area contributed by atoms with Gasteiger partial charge in [-0.05, 0) is 43.2 Å². The van der Waals surface area contributed by atoms with Crippen molar-refractivity contribution in [2.45, 2.75) is 23.8 Å². The van der Waals surface area contributed by atoms with Crippen LogP contribution in [0.15, 0.2) is 60.0 Å². The van der Waals surface area contributed by atoms with E-state index in [0.29, 0.717) is 12.8 Å². The summed E-state index contributed by atoms with van der Waals surface area (Å²) in [5, 5.41) is 5.28. The van der Waals surface area contributed by atoms with E-state index in [-0.39, 0.29) is 45.8 Å². The minimum Gasteiger partial charge on any atom is -0.349 e. The number of nitrogens with one attached hydrogen (secondary N) is 2. The van der Waals surface area contributed by atoms with Crippen molar-refractivity contribution in [1.82, 2.24) is 9.62 Å². The van der Waals surface area contributed by atoms with Crippen LogP contribution in [-0.4, -0.2) is 43.0 Å². The number of nitrogens with zero attached hydrogens (tertiary/aromatic N) is 1. The van der Waals surface area contributed by atoms with Crippen LogP contribution in [0.25, 0.3) is 0 Å². The van der Waals surface area contributed by atoms with Gasteiger partial charge in [0, 0.05) is 18.2 Å². The Morgan fingerprint density at radius 1 is 1.13 bits per heavy atom. The number of benzene rings is 2. The van der Waals surface area contributed by atoms with Crippen LogP contribution in [0.5, 0.6) is 0 Å². The molecule has 154 valence electrons. The van der Waals surface area contributed by atoms with Crippen molar-refractivity contribution in [1.29, 1.82) is 0 Å². The molecule has 0 radical (unpaired) electrons. The van der Waals surface area contributed by atoms with E-state index in [1.165, 1.54) is 24.3 Å². The van der Waals surface area contributed by atoms with E-state index in [1.807, 2.05) is 0 Å². The molecule has 1 fully saturated rings. The van der Waals surface area contributed by atoms with Crippen LogP contribution in [0.2, 0.25) is 0 Å². The van der Waals surface area contributed by atoms with Crippen LogP contribution in [0.3, 0.4) is 0 Å². The lowest BCUT2D eigenvalue weighted by Gasteiger charge is -2.13. The zero-order valence-electron chi connectivity index (χ0n) is 15.9. The third-order valence-corrected chi connectivity index (χ3v) is 6.79. The summed E-state index contributed by atoms with van der Waals surface area (Å²) in [5.74, 6) is -1.52. The Labute approximate surface area is 173 Å². The maximum Gasteiger partial charge on any atom is 0.269 e. The highest BCUT2D eigenvalue weighted by atomic mass is 32.2. The number of hydrogen-bond donors (Lipinski definition) is 2. The van der Waals surface area contributed by atoms with E-state index < -0.39 is 21.8 Å². The molecular formula is C21H19N3O5S. The molecule has 0 aromatic heterocycles. The summed E-state index contributed by atoms with van der Waals surface area (Å²) >= 11 is 0. The van der Waals surface area contributed by atoms with Crippen molar-refractivity contribution < 1.29 is 22.8 Å². The molecule has 2 aromatic carbocycles. The first-order valence-corrected chi connectivity index (χ1v) is 10.8. The molecule has 8 nitrogen and oxygen atoms in total. The average Bonchev–Trinajstić information content (AvgIpc) is 3.53. The fourth-order valence-electron chi connectivity index (χ4n) is 3.30. The number of fused-ring (bicyclic) bond motifs is 1. The monoisotopic (exact) mass is 425 g/mol. The van der Waals surface area contributed by atoms with E-state index in [0.717, 1.165) is 4.31 Å². The van der Waals surface area contributed by atoms with Gasteiger partial charge in [0.2, 0.25) is 0 Å². The molecule has 0 bridgehead atoms. The molecule has 4 rings (SSSR count). The molecule has 0 saturated heterocycles. The standard InChI is InChI=1S/C21H19N3O5S/c1-2-11-22-20(26)15-5-3-4-6-17(15)23-19(25)13-7-10-16-18(12-13)30(28,29)24(21(16)27)14-8-9-14/h2-7,10,12,14H,1,8-9,11H2,(H,22,26)(H,23,25). The summed E-state index contributed by atoms with van der Waals surface area (Å²) in [6.45, 7) is 3.81. The quantitative estimate of drug-likeness (QED) is 0.689. The van der Waals surface area contributed by atoms with E-state index in [1.54, 1.807) is 24.3 Å². The first-order chi connectivity index (χ1) is 14.3. The van der Waals surface area contributed by atoms with Crippen LogP contribution < -0.4 is 10.6 Å². The summed E-state index contributed by atoms with van der Waals surface area (Å²) in [4.78, 5) is 37.4. The van der Waals surface area contributed by atoms with Crippen molar-refractivity contribution in [2.24, 2.45) is 0 Å². The highest BCUT2D eigenvalue weighted by Crippen LogP contribution is 2.39. The maximum atomic E-state index is 12.8. The Morgan fingerprint density at radius 2 is 1.87 bits per heavy atom. The molecule has 0 spiro atoms. The Hall–Kier alpha value is -3.46. The molecule has 1 heterocycles. The second kappa shape index (κ2) is 7.42. The predicted octanol–water partition coefficient (Wildman–Crippen LogP) is 2.16. The lowest BCUT2D eigenvalue weighted by molar-refractivity contribution is 0.0863. The van der Waals surface area contributed by atoms with E-state index >= 15 is 0 Å². The zero-order valence-corrected chi connectivity index (χ0v) is 16.7. The van der Waals surface area contributed by atoms with Crippen LogP contribution in [0.4, 0.5) is 5.69 Å². The number of sulfonamides is 1. The first kappa shape index (κ1) is 19.8. The molecule has 0 unspecified atom stereocenters. The largest absolute Gasteiger partial charge is 0.349 e. The van der Waals surface area contributed by atoms with Crippen molar-refractivity contribution in [3.8, 4) is 0 Å².